The van der Waals surface area contributed by atoms with Crippen LogP contribution in [0.25, 0.3) is 11.3 Å². The second-order valence-corrected chi connectivity index (χ2v) is 5.94. The average Bonchev–Trinajstić information content (AvgIpc) is 3.08. The number of aliphatic hydroxyl groups excluding tert-OH is 1. The zero-order valence-corrected chi connectivity index (χ0v) is 13.4. The van der Waals surface area contributed by atoms with E-state index in [-0.39, 0.29) is 11.6 Å². The number of benzene rings is 1. The van der Waals surface area contributed by atoms with E-state index in [9.17, 15) is 9.90 Å². The van der Waals surface area contributed by atoms with Crippen molar-refractivity contribution in [1.29, 1.82) is 0 Å². The Morgan fingerprint density at radius 3 is 2.64 bits per heavy atom. The van der Waals surface area contributed by atoms with Gasteiger partial charge in [-0.2, -0.15) is 10.2 Å². The van der Waals surface area contributed by atoms with E-state index >= 15 is 0 Å². The van der Waals surface area contributed by atoms with E-state index in [1.165, 1.54) is 11.2 Å². The van der Waals surface area contributed by atoms with Crippen LogP contribution in [0.4, 0.5) is 0 Å². The molecule has 7 heteroatoms. The van der Waals surface area contributed by atoms with E-state index < -0.39 is 6.10 Å². The number of rotatable bonds is 4. The minimum Gasteiger partial charge on any atom is -0.448 e. The highest BCUT2D eigenvalue weighted by Gasteiger charge is 2.31. The van der Waals surface area contributed by atoms with Gasteiger partial charge in [0, 0.05) is 18.7 Å². The van der Waals surface area contributed by atoms with Gasteiger partial charge in [0.15, 0.2) is 5.69 Å². The summed E-state index contributed by atoms with van der Waals surface area (Å²) in [5.41, 5.74) is 2.75. The van der Waals surface area contributed by atoms with Crippen molar-refractivity contribution in [3.63, 3.8) is 0 Å². The van der Waals surface area contributed by atoms with Gasteiger partial charge in [-0.1, -0.05) is 30.3 Å². The smallest absolute Gasteiger partial charge is 0.275 e. The lowest BCUT2D eigenvalue weighted by molar-refractivity contribution is 0.00549. The van der Waals surface area contributed by atoms with Gasteiger partial charge in [-0.05, 0) is 12.1 Å². The van der Waals surface area contributed by atoms with Gasteiger partial charge in [0.05, 0.1) is 23.9 Å². The molecule has 3 aromatic rings. The molecule has 0 radical (unpaired) electrons. The molecule has 0 aliphatic carbocycles. The number of carbonyl (C=O) groups is 1. The van der Waals surface area contributed by atoms with Crippen molar-refractivity contribution in [2.24, 2.45) is 0 Å². The predicted octanol–water partition coefficient (Wildman–Crippen LogP) is 1.54. The van der Waals surface area contributed by atoms with Crippen LogP contribution in [0.5, 0.6) is 0 Å². The zero-order valence-electron chi connectivity index (χ0n) is 13.4. The summed E-state index contributed by atoms with van der Waals surface area (Å²) in [6.45, 7) is 0.681. The minimum absolute atomic E-state index is 0.231. The van der Waals surface area contributed by atoms with Crippen LogP contribution in [0.3, 0.4) is 0 Å². The Labute approximate surface area is 144 Å². The van der Waals surface area contributed by atoms with Gasteiger partial charge in [0.1, 0.15) is 6.26 Å². The van der Waals surface area contributed by atoms with E-state index in [0.29, 0.717) is 31.1 Å². The molecule has 0 saturated carbocycles. The molecule has 1 N–H and O–H groups in total. The fourth-order valence-corrected chi connectivity index (χ4v) is 2.65. The van der Waals surface area contributed by atoms with Gasteiger partial charge in [0.2, 0.25) is 5.89 Å². The number of nitrogens with zero attached hydrogens (tertiary/aromatic N) is 4. The van der Waals surface area contributed by atoms with Crippen molar-refractivity contribution in [2.45, 2.75) is 12.5 Å². The lowest BCUT2D eigenvalue weighted by atomic mass is 10.1. The summed E-state index contributed by atoms with van der Waals surface area (Å²) in [6, 6.07) is 13.6. The molecule has 1 amide bonds. The Balaban J connectivity index is 1.43. The van der Waals surface area contributed by atoms with E-state index in [1.807, 2.05) is 42.5 Å². The minimum atomic E-state index is -0.436. The quantitative estimate of drug-likeness (QED) is 0.777. The maximum absolute atomic E-state index is 12.1. The van der Waals surface area contributed by atoms with Crippen LogP contribution in [0.15, 0.2) is 53.1 Å². The Bertz CT molecular complexity index is 871. The Morgan fingerprint density at radius 1 is 1.16 bits per heavy atom. The molecule has 1 aliphatic heterocycles. The first-order chi connectivity index (χ1) is 12.2. The Morgan fingerprint density at radius 2 is 1.96 bits per heavy atom. The largest absolute Gasteiger partial charge is 0.448 e. The molecule has 0 unspecified atom stereocenters. The highest BCUT2D eigenvalue weighted by Crippen LogP contribution is 2.17. The van der Waals surface area contributed by atoms with Gasteiger partial charge in [0.25, 0.3) is 5.91 Å². The van der Waals surface area contributed by atoms with Crippen molar-refractivity contribution >= 4 is 5.91 Å². The molecule has 1 aliphatic rings. The number of aliphatic hydroxyl groups is 1. The third kappa shape index (κ3) is 3.27. The second kappa shape index (κ2) is 6.45. The van der Waals surface area contributed by atoms with Gasteiger partial charge >= 0.3 is 0 Å². The molecule has 126 valence electrons. The first-order valence-electron chi connectivity index (χ1n) is 7.99. The number of oxazole rings is 1. The maximum Gasteiger partial charge on any atom is 0.275 e. The SMILES string of the molecule is O=C(c1coc(Cc2ccc(-c3ccccc3)nn2)n1)N1CC(O)C1. The molecular formula is C18H16N4O3. The summed E-state index contributed by atoms with van der Waals surface area (Å²) < 4.78 is 5.36. The molecule has 4 rings (SSSR count). The van der Waals surface area contributed by atoms with Crippen molar-refractivity contribution in [1.82, 2.24) is 20.1 Å². The Kier molecular flexibility index (Phi) is 3.99. The van der Waals surface area contributed by atoms with Crippen LogP contribution < -0.4 is 0 Å². The Hall–Kier alpha value is -3.06. The molecule has 1 saturated heterocycles. The van der Waals surface area contributed by atoms with Crippen LogP contribution in [0.1, 0.15) is 22.1 Å². The lowest BCUT2D eigenvalue weighted by Crippen LogP contribution is -2.53. The summed E-state index contributed by atoms with van der Waals surface area (Å²) in [5.74, 6) is 0.178. The molecule has 0 spiro atoms. The number of carbonyl (C=O) groups excluding carboxylic acids is 1. The van der Waals surface area contributed by atoms with Crippen molar-refractivity contribution < 1.29 is 14.3 Å². The van der Waals surface area contributed by atoms with Crippen LogP contribution in [-0.2, 0) is 6.42 Å². The first kappa shape index (κ1) is 15.5. The molecule has 1 fully saturated rings. The normalized spacial score (nSPS) is 14.4. The van der Waals surface area contributed by atoms with Crippen LogP contribution in [0, 0.1) is 0 Å². The highest BCUT2D eigenvalue weighted by atomic mass is 16.3. The molecule has 3 heterocycles. The van der Waals surface area contributed by atoms with Gasteiger partial charge in [-0.15, -0.1) is 0 Å². The standard InChI is InChI=1S/C18H16N4O3/c23-14-9-22(10-14)18(24)16-11-25-17(19-16)8-13-6-7-15(21-20-13)12-4-2-1-3-5-12/h1-7,11,14,23H,8-10H2. The average molecular weight is 336 g/mol. The van der Waals surface area contributed by atoms with Gasteiger partial charge < -0.3 is 14.4 Å². The molecule has 7 nitrogen and oxygen atoms in total. The number of likely N-dealkylation sites (tertiary alicyclic amines) is 1. The van der Waals surface area contributed by atoms with E-state index in [1.54, 1.807) is 0 Å². The predicted molar refractivity (Wildman–Crippen MR) is 88.7 cm³/mol. The van der Waals surface area contributed by atoms with Crippen LogP contribution in [-0.4, -0.2) is 50.3 Å². The monoisotopic (exact) mass is 336 g/mol. The van der Waals surface area contributed by atoms with Crippen LogP contribution >= 0.6 is 0 Å². The zero-order chi connectivity index (χ0) is 17.2. The molecule has 0 atom stereocenters. The van der Waals surface area contributed by atoms with Crippen molar-refractivity contribution in [3.05, 3.63) is 66.0 Å². The van der Waals surface area contributed by atoms with Gasteiger partial charge in [-0.25, -0.2) is 4.98 Å². The molecule has 25 heavy (non-hydrogen) atoms. The fourth-order valence-electron chi connectivity index (χ4n) is 2.65. The van der Waals surface area contributed by atoms with E-state index in [2.05, 4.69) is 15.2 Å². The van der Waals surface area contributed by atoms with Crippen molar-refractivity contribution in [2.75, 3.05) is 13.1 Å². The fraction of sp³-hybridized carbons (Fsp3) is 0.222. The third-order valence-electron chi connectivity index (χ3n) is 4.04. The number of hydrogen-bond donors (Lipinski definition) is 1. The summed E-state index contributed by atoms with van der Waals surface area (Å²) in [7, 11) is 0. The second-order valence-electron chi connectivity index (χ2n) is 5.94. The maximum atomic E-state index is 12.1. The molecule has 2 aromatic heterocycles. The number of β-amino-alcohol motifs (C(OH)–C–C–N with tert-alkyl or cyclic N) is 1. The topological polar surface area (TPSA) is 92.3 Å². The van der Waals surface area contributed by atoms with E-state index in [4.69, 9.17) is 4.42 Å². The van der Waals surface area contributed by atoms with Crippen LogP contribution in [0.2, 0.25) is 0 Å². The molecular weight excluding hydrogens is 320 g/mol. The summed E-state index contributed by atoms with van der Waals surface area (Å²) in [5, 5.41) is 17.7. The van der Waals surface area contributed by atoms with Gasteiger partial charge in [-0.3, -0.25) is 4.79 Å². The van der Waals surface area contributed by atoms with E-state index in [0.717, 1.165) is 11.3 Å². The number of hydrogen-bond acceptors (Lipinski definition) is 6. The number of aromatic nitrogens is 3. The highest BCUT2D eigenvalue weighted by molar-refractivity contribution is 5.92. The van der Waals surface area contributed by atoms with Crippen molar-refractivity contribution in [3.8, 4) is 11.3 Å². The lowest BCUT2D eigenvalue weighted by Gasteiger charge is -2.35. The first-order valence-corrected chi connectivity index (χ1v) is 7.99. The third-order valence-corrected chi connectivity index (χ3v) is 4.04. The molecule has 1 aromatic carbocycles. The molecule has 0 bridgehead atoms. The number of amides is 1. The summed E-state index contributed by atoms with van der Waals surface area (Å²) in [6.07, 6.45) is 1.26. The summed E-state index contributed by atoms with van der Waals surface area (Å²) >= 11 is 0. The summed E-state index contributed by atoms with van der Waals surface area (Å²) in [4.78, 5) is 17.8.